The average molecular weight is 373 g/mol. The van der Waals surface area contributed by atoms with E-state index in [9.17, 15) is 4.79 Å². The fraction of sp³-hybridized carbons (Fsp3) is 0.526. The second-order valence-corrected chi connectivity index (χ2v) is 6.69. The Morgan fingerprint density at radius 3 is 2.59 bits per heavy atom. The topological polar surface area (TPSA) is 92.4 Å². The molecule has 8 heteroatoms. The number of hydrogen-bond acceptors (Lipinski definition) is 6. The number of aromatic nitrogens is 3. The van der Waals surface area contributed by atoms with Gasteiger partial charge in [0.05, 0.1) is 25.8 Å². The SMILES string of the molecule is COc1ccc(-c2nc(NC(=O)C(C)N3CCCCCC3)n[nH]2)c(OC)c1. The van der Waals surface area contributed by atoms with Crippen LogP contribution in [0.5, 0.6) is 11.5 Å². The third-order valence-corrected chi connectivity index (χ3v) is 4.95. The van der Waals surface area contributed by atoms with Crippen LogP contribution in [0.4, 0.5) is 5.95 Å². The summed E-state index contributed by atoms with van der Waals surface area (Å²) in [6.07, 6.45) is 4.75. The zero-order chi connectivity index (χ0) is 19.2. The summed E-state index contributed by atoms with van der Waals surface area (Å²) >= 11 is 0. The van der Waals surface area contributed by atoms with Crippen molar-refractivity contribution in [2.24, 2.45) is 0 Å². The van der Waals surface area contributed by atoms with Crippen molar-refractivity contribution in [3.05, 3.63) is 18.2 Å². The predicted molar refractivity (Wildman–Crippen MR) is 103 cm³/mol. The highest BCUT2D eigenvalue weighted by Crippen LogP contribution is 2.31. The highest BCUT2D eigenvalue weighted by molar-refractivity contribution is 5.93. The number of anilines is 1. The van der Waals surface area contributed by atoms with E-state index in [1.165, 1.54) is 12.8 Å². The van der Waals surface area contributed by atoms with Gasteiger partial charge in [-0.25, -0.2) is 0 Å². The second-order valence-electron chi connectivity index (χ2n) is 6.69. The monoisotopic (exact) mass is 373 g/mol. The fourth-order valence-electron chi connectivity index (χ4n) is 3.30. The molecule has 1 amide bonds. The third kappa shape index (κ3) is 4.57. The lowest BCUT2D eigenvalue weighted by Gasteiger charge is -2.25. The van der Waals surface area contributed by atoms with Crippen LogP contribution in [0.25, 0.3) is 11.4 Å². The molecule has 3 rings (SSSR count). The van der Waals surface area contributed by atoms with E-state index in [1.54, 1.807) is 20.3 Å². The first kappa shape index (κ1) is 19.2. The Morgan fingerprint density at radius 1 is 1.19 bits per heavy atom. The summed E-state index contributed by atoms with van der Waals surface area (Å²) in [6, 6.07) is 5.22. The molecule has 27 heavy (non-hydrogen) atoms. The van der Waals surface area contributed by atoms with E-state index in [-0.39, 0.29) is 17.9 Å². The number of hydrogen-bond donors (Lipinski definition) is 2. The molecule has 0 aliphatic carbocycles. The number of carbonyl (C=O) groups is 1. The molecule has 0 spiro atoms. The van der Waals surface area contributed by atoms with Crippen LogP contribution in [0.15, 0.2) is 18.2 Å². The maximum Gasteiger partial charge on any atom is 0.249 e. The first-order valence-corrected chi connectivity index (χ1v) is 9.32. The quantitative estimate of drug-likeness (QED) is 0.809. The summed E-state index contributed by atoms with van der Waals surface area (Å²) in [5.41, 5.74) is 0.742. The van der Waals surface area contributed by atoms with Crippen molar-refractivity contribution in [2.75, 3.05) is 32.6 Å². The number of nitrogens with zero attached hydrogens (tertiary/aromatic N) is 3. The zero-order valence-electron chi connectivity index (χ0n) is 16.1. The summed E-state index contributed by atoms with van der Waals surface area (Å²) in [5.74, 6) is 1.99. The van der Waals surface area contributed by atoms with Crippen molar-refractivity contribution in [2.45, 2.75) is 38.6 Å². The molecule has 1 aliphatic rings. The summed E-state index contributed by atoms with van der Waals surface area (Å²) in [7, 11) is 3.18. The third-order valence-electron chi connectivity index (χ3n) is 4.95. The molecule has 1 atom stereocenters. The fourth-order valence-corrected chi connectivity index (χ4v) is 3.30. The summed E-state index contributed by atoms with van der Waals surface area (Å²) < 4.78 is 10.6. The van der Waals surface area contributed by atoms with Crippen molar-refractivity contribution in [1.82, 2.24) is 20.1 Å². The van der Waals surface area contributed by atoms with Gasteiger partial charge in [0, 0.05) is 6.07 Å². The molecule has 1 saturated heterocycles. The van der Waals surface area contributed by atoms with E-state index < -0.39 is 0 Å². The standard InChI is InChI=1S/C19H27N5O3/c1-13(24-10-6-4-5-7-11-24)18(25)21-19-20-17(22-23-19)15-9-8-14(26-2)12-16(15)27-3/h8-9,12-13H,4-7,10-11H2,1-3H3,(H2,20,21,22,23,25). The van der Waals surface area contributed by atoms with Crippen LogP contribution in [0, 0.1) is 0 Å². The van der Waals surface area contributed by atoms with Crippen LogP contribution in [0.2, 0.25) is 0 Å². The molecule has 146 valence electrons. The van der Waals surface area contributed by atoms with Gasteiger partial charge >= 0.3 is 0 Å². The molecule has 0 bridgehead atoms. The van der Waals surface area contributed by atoms with E-state index in [1.807, 2.05) is 19.1 Å². The highest BCUT2D eigenvalue weighted by Gasteiger charge is 2.23. The van der Waals surface area contributed by atoms with Crippen LogP contribution >= 0.6 is 0 Å². The van der Waals surface area contributed by atoms with Crippen LogP contribution < -0.4 is 14.8 Å². The molecule has 2 heterocycles. The molecule has 2 aromatic rings. The highest BCUT2D eigenvalue weighted by atomic mass is 16.5. The number of nitrogens with one attached hydrogen (secondary N) is 2. The Kier molecular flexibility index (Phi) is 6.28. The minimum Gasteiger partial charge on any atom is -0.497 e. The van der Waals surface area contributed by atoms with Gasteiger partial charge in [0.1, 0.15) is 11.5 Å². The number of likely N-dealkylation sites (tertiary alicyclic amines) is 1. The molecular weight excluding hydrogens is 346 g/mol. The molecule has 1 unspecified atom stereocenters. The van der Waals surface area contributed by atoms with Crippen molar-refractivity contribution in [3.8, 4) is 22.9 Å². The van der Waals surface area contributed by atoms with Crippen molar-refractivity contribution < 1.29 is 14.3 Å². The first-order valence-electron chi connectivity index (χ1n) is 9.32. The van der Waals surface area contributed by atoms with Gasteiger partial charge in [-0.15, -0.1) is 5.10 Å². The first-order chi connectivity index (χ1) is 13.1. The molecule has 8 nitrogen and oxygen atoms in total. The average Bonchev–Trinajstić information content (AvgIpc) is 2.98. The number of rotatable bonds is 6. The predicted octanol–water partition coefficient (Wildman–Crippen LogP) is 2.69. The van der Waals surface area contributed by atoms with Gasteiger partial charge in [0.2, 0.25) is 11.9 Å². The maximum absolute atomic E-state index is 12.6. The Bertz CT molecular complexity index is 768. The van der Waals surface area contributed by atoms with Gasteiger partial charge < -0.3 is 9.47 Å². The lowest BCUT2D eigenvalue weighted by atomic mass is 10.2. The molecule has 1 aromatic carbocycles. The number of H-pyrrole nitrogens is 1. The van der Waals surface area contributed by atoms with Crippen LogP contribution in [0.3, 0.4) is 0 Å². The summed E-state index contributed by atoms with van der Waals surface area (Å²) in [5, 5.41) is 9.79. The van der Waals surface area contributed by atoms with Crippen LogP contribution in [0.1, 0.15) is 32.6 Å². The number of ether oxygens (including phenoxy) is 2. The second kappa shape index (κ2) is 8.85. The van der Waals surface area contributed by atoms with Crippen molar-refractivity contribution >= 4 is 11.9 Å². The van der Waals surface area contributed by atoms with E-state index in [0.717, 1.165) is 31.5 Å². The van der Waals surface area contributed by atoms with Gasteiger partial charge in [-0.05, 0) is 45.0 Å². The summed E-state index contributed by atoms with van der Waals surface area (Å²) in [4.78, 5) is 19.2. The molecule has 1 fully saturated rings. The lowest BCUT2D eigenvalue weighted by molar-refractivity contribution is -0.120. The normalized spacial score (nSPS) is 16.4. The van der Waals surface area contributed by atoms with Crippen molar-refractivity contribution in [1.29, 1.82) is 0 Å². The Labute approximate surface area is 159 Å². The molecule has 0 saturated carbocycles. The maximum atomic E-state index is 12.6. The van der Waals surface area contributed by atoms with Gasteiger partial charge in [-0.3, -0.25) is 20.1 Å². The molecular formula is C19H27N5O3. The van der Waals surface area contributed by atoms with Gasteiger partial charge in [-0.1, -0.05) is 12.8 Å². The number of carbonyl (C=O) groups excluding carboxylic acids is 1. The molecule has 1 aliphatic heterocycles. The lowest BCUT2D eigenvalue weighted by Crippen LogP contribution is -2.42. The van der Waals surface area contributed by atoms with Crippen LogP contribution in [-0.2, 0) is 4.79 Å². The minimum absolute atomic E-state index is 0.0934. The zero-order valence-corrected chi connectivity index (χ0v) is 16.1. The molecule has 1 aromatic heterocycles. The number of amides is 1. The number of aromatic amines is 1. The van der Waals surface area contributed by atoms with Gasteiger partial charge in [0.15, 0.2) is 5.82 Å². The molecule has 2 N–H and O–H groups in total. The van der Waals surface area contributed by atoms with E-state index in [4.69, 9.17) is 9.47 Å². The van der Waals surface area contributed by atoms with Crippen molar-refractivity contribution in [3.63, 3.8) is 0 Å². The van der Waals surface area contributed by atoms with E-state index in [2.05, 4.69) is 25.4 Å². The Morgan fingerprint density at radius 2 is 1.93 bits per heavy atom. The Hall–Kier alpha value is -2.61. The number of methoxy groups -OCH3 is 2. The number of benzene rings is 1. The van der Waals surface area contributed by atoms with E-state index >= 15 is 0 Å². The smallest absolute Gasteiger partial charge is 0.249 e. The Balaban J connectivity index is 1.69. The van der Waals surface area contributed by atoms with Gasteiger partial charge in [-0.2, -0.15) is 4.98 Å². The minimum atomic E-state index is -0.208. The van der Waals surface area contributed by atoms with Gasteiger partial charge in [0.25, 0.3) is 0 Å². The largest absolute Gasteiger partial charge is 0.497 e. The summed E-state index contributed by atoms with van der Waals surface area (Å²) in [6.45, 7) is 3.84. The van der Waals surface area contributed by atoms with Crippen LogP contribution in [-0.4, -0.2) is 59.3 Å². The molecule has 0 radical (unpaired) electrons. The van der Waals surface area contributed by atoms with E-state index in [0.29, 0.717) is 17.3 Å².